The second-order valence-electron chi connectivity index (χ2n) is 5.45. The van der Waals surface area contributed by atoms with E-state index in [0.717, 1.165) is 0 Å². The van der Waals surface area contributed by atoms with E-state index < -0.39 is 25.8 Å². The number of nitrogens with one attached hydrogen (secondary N) is 1. The zero-order chi connectivity index (χ0) is 20.0. The van der Waals surface area contributed by atoms with Gasteiger partial charge in [-0.3, -0.25) is 4.79 Å². The predicted octanol–water partition coefficient (Wildman–Crippen LogP) is 0.890. The highest BCUT2D eigenvalue weighted by molar-refractivity contribution is 7.91. The topological polar surface area (TPSA) is 110 Å². The monoisotopic (exact) mass is 406 g/mol. The van der Waals surface area contributed by atoms with Gasteiger partial charge in [0.15, 0.2) is 9.84 Å². The summed E-state index contributed by atoms with van der Waals surface area (Å²) in [5.74, 6) is -0.579. The van der Waals surface area contributed by atoms with Gasteiger partial charge < -0.3 is 10.1 Å². The van der Waals surface area contributed by atoms with Gasteiger partial charge in [-0.1, -0.05) is 20.8 Å². The molecule has 1 aromatic rings. The smallest absolute Gasteiger partial charge is 0.251 e. The Bertz CT molecular complexity index is 830. The van der Waals surface area contributed by atoms with E-state index in [-0.39, 0.29) is 47.3 Å². The largest absolute Gasteiger partial charge is 0.495 e. The fourth-order valence-electron chi connectivity index (χ4n) is 2.29. The molecule has 0 fully saturated rings. The number of methoxy groups -OCH3 is 1. The van der Waals surface area contributed by atoms with Crippen LogP contribution in [0, 0.1) is 0 Å². The van der Waals surface area contributed by atoms with Crippen molar-refractivity contribution in [2.45, 2.75) is 25.7 Å². The van der Waals surface area contributed by atoms with Crippen molar-refractivity contribution in [2.24, 2.45) is 0 Å². The SMILES string of the molecule is CCN(CC)S(=O)(=O)c1cc(C(=O)NCCS(=O)(=O)CC)ccc1OC. The van der Waals surface area contributed by atoms with Crippen LogP contribution in [0.3, 0.4) is 0 Å². The molecule has 0 spiro atoms. The molecule has 0 aliphatic carbocycles. The second kappa shape index (κ2) is 9.33. The van der Waals surface area contributed by atoms with Crippen molar-refractivity contribution < 1.29 is 26.4 Å². The van der Waals surface area contributed by atoms with Crippen molar-refractivity contribution >= 4 is 25.8 Å². The van der Waals surface area contributed by atoms with Gasteiger partial charge >= 0.3 is 0 Å². The van der Waals surface area contributed by atoms with Crippen LogP contribution in [0.2, 0.25) is 0 Å². The lowest BCUT2D eigenvalue weighted by molar-refractivity contribution is 0.0956. The molecule has 1 N–H and O–H groups in total. The molecule has 0 aliphatic rings. The van der Waals surface area contributed by atoms with Gasteiger partial charge in [0.2, 0.25) is 10.0 Å². The molecule has 0 aliphatic heterocycles. The number of sulfonamides is 1. The Balaban J connectivity index is 3.11. The standard InChI is InChI=1S/C16H26N2O6S2/c1-5-18(6-2)26(22,23)15-12-13(8-9-14(15)24-4)16(19)17-10-11-25(20,21)7-3/h8-9,12H,5-7,10-11H2,1-4H3,(H,17,19). The summed E-state index contributed by atoms with van der Waals surface area (Å²) in [7, 11) is -5.66. The summed E-state index contributed by atoms with van der Waals surface area (Å²) in [6.45, 7) is 5.50. The molecule has 0 bridgehead atoms. The van der Waals surface area contributed by atoms with Gasteiger partial charge in [-0.2, -0.15) is 4.31 Å². The van der Waals surface area contributed by atoms with Crippen molar-refractivity contribution in [3.05, 3.63) is 23.8 Å². The maximum Gasteiger partial charge on any atom is 0.251 e. The normalized spacial score (nSPS) is 12.2. The molecule has 1 aromatic carbocycles. The van der Waals surface area contributed by atoms with E-state index in [2.05, 4.69) is 5.32 Å². The first kappa shape index (κ1) is 22.4. The minimum Gasteiger partial charge on any atom is -0.495 e. The van der Waals surface area contributed by atoms with Crippen molar-refractivity contribution in [2.75, 3.05) is 38.2 Å². The van der Waals surface area contributed by atoms with Gasteiger partial charge in [0, 0.05) is 31.0 Å². The third-order valence-corrected chi connectivity index (χ3v) is 7.66. The maximum atomic E-state index is 12.8. The molecular formula is C16H26N2O6S2. The Hall–Kier alpha value is -1.65. The molecule has 1 amide bonds. The molecule has 0 unspecified atom stereocenters. The summed E-state index contributed by atoms with van der Waals surface area (Å²) in [4.78, 5) is 12.2. The van der Waals surface area contributed by atoms with Crippen LogP contribution in [0.1, 0.15) is 31.1 Å². The number of carbonyl (C=O) groups is 1. The van der Waals surface area contributed by atoms with E-state index in [9.17, 15) is 21.6 Å². The first-order chi connectivity index (χ1) is 12.1. The summed E-state index contributed by atoms with van der Waals surface area (Å²) in [6, 6.07) is 4.09. The highest BCUT2D eigenvalue weighted by Gasteiger charge is 2.26. The predicted molar refractivity (Wildman–Crippen MR) is 99.8 cm³/mol. The van der Waals surface area contributed by atoms with Gasteiger partial charge in [0.1, 0.15) is 10.6 Å². The molecule has 0 heterocycles. The van der Waals surface area contributed by atoms with Crippen molar-refractivity contribution in [1.29, 1.82) is 0 Å². The zero-order valence-corrected chi connectivity index (χ0v) is 17.1. The average Bonchev–Trinajstić information content (AvgIpc) is 2.61. The number of nitrogens with zero attached hydrogens (tertiary/aromatic N) is 1. The Morgan fingerprint density at radius 3 is 2.23 bits per heavy atom. The first-order valence-electron chi connectivity index (χ1n) is 8.29. The average molecular weight is 407 g/mol. The molecule has 0 saturated heterocycles. The van der Waals surface area contributed by atoms with Crippen molar-refractivity contribution in [1.82, 2.24) is 9.62 Å². The second-order valence-corrected chi connectivity index (χ2v) is 9.83. The number of ether oxygens (including phenoxy) is 1. The Labute approximate surface area is 155 Å². The molecular weight excluding hydrogens is 380 g/mol. The summed E-state index contributed by atoms with van der Waals surface area (Å²) in [5.41, 5.74) is 0.116. The Morgan fingerprint density at radius 2 is 1.73 bits per heavy atom. The number of rotatable bonds is 10. The lowest BCUT2D eigenvalue weighted by Crippen LogP contribution is -2.32. The molecule has 0 atom stereocenters. The molecule has 26 heavy (non-hydrogen) atoms. The number of hydrogen-bond donors (Lipinski definition) is 1. The maximum absolute atomic E-state index is 12.8. The van der Waals surface area contributed by atoms with Gasteiger partial charge in [-0.05, 0) is 18.2 Å². The third-order valence-electron chi connectivity index (χ3n) is 3.89. The molecule has 0 saturated carbocycles. The van der Waals surface area contributed by atoms with Gasteiger partial charge in [0.05, 0.1) is 12.9 Å². The van der Waals surface area contributed by atoms with E-state index >= 15 is 0 Å². The van der Waals surface area contributed by atoms with Crippen LogP contribution in [-0.4, -0.2) is 65.3 Å². The number of carbonyl (C=O) groups excluding carboxylic acids is 1. The Morgan fingerprint density at radius 1 is 1.12 bits per heavy atom. The van der Waals surface area contributed by atoms with Crippen LogP contribution in [0.15, 0.2) is 23.1 Å². The molecule has 0 radical (unpaired) electrons. The lowest BCUT2D eigenvalue weighted by Gasteiger charge is -2.20. The van der Waals surface area contributed by atoms with Crippen LogP contribution < -0.4 is 10.1 Å². The number of amides is 1. The number of sulfone groups is 1. The van der Waals surface area contributed by atoms with Crippen LogP contribution in [-0.2, 0) is 19.9 Å². The summed E-state index contributed by atoms with van der Waals surface area (Å²) in [5, 5.41) is 2.50. The molecule has 0 aromatic heterocycles. The molecule has 8 nitrogen and oxygen atoms in total. The fraction of sp³-hybridized carbons (Fsp3) is 0.562. The van der Waals surface area contributed by atoms with E-state index in [1.54, 1.807) is 13.8 Å². The quantitative estimate of drug-likeness (QED) is 0.618. The highest BCUT2D eigenvalue weighted by Crippen LogP contribution is 2.27. The summed E-state index contributed by atoms with van der Waals surface area (Å²) in [6.07, 6.45) is 0. The van der Waals surface area contributed by atoms with Gasteiger partial charge in [-0.25, -0.2) is 16.8 Å². The Kier molecular flexibility index (Phi) is 8.04. The van der Waals surface area contributed by atoms with E-state index in [1.807, 2.05) is 0 Å². The molecule has 148 valence electrons. The van der Waals surface area contributed by atoms with Crippen LogP contribution in [0.5, 0.6) is 5.75 Å². The summed E-state index contributed by atoms with van der Waals surface area (Å²) < 4.78 is 54.9. The van der Waals surface area contributed by atoms with Crippen molar-refractivity contribution in [3.8, 4) is 5.75 Å². The minimum atomic E-state index is -3.82. The van der Waals surface area contributed by atoms with Gasteiger partial charge in [-0.15, -0.1) is 0 Å². The van der Waals surface area contributed by atoms with Crippen LogP contribution in [0.25, 0.3) is 0 Å². The summed E-state index contributed by atoms with van der Waals surface area (Å²) >= 11 is 0. The number of hydrogen-bond acceptors (Lipinski definition) is 6. The minimum absolute atomic E-state index is 0.00231. The van der Waals surface area contributed by atoms with Crippen LogP contribution in [0.4, 0.5) is 0 Å². The molecule has 1 rings (SSSR count). The van der Waals surface area contributed by atoms with E-state index in [4.69, 9.17) is 4.74 Å². The van der Waals surface area contributed by atoms with E-state index in [1.165, 1.54) is 36.5 Å². The van der Waals surface area contributed by atoms with Crippen molar-refractivity contribution in [3.63, 3.8) is 0 Å². The fourth-order valence-corrected chi connectivity index (χ4v) is 4.63. The zero-order valence-electron chi connectivity index (χ0n) is 15.5. The van der Waals surface area contributed by atoms with Crippen LogP contribution >= 0.6 is 0 Å². The van der Waals surface area contributed by atoms with E-state index in [0.29, 0.717) is 0 Å². The number of benzene rings is 1. The highest BCUT2D eigenvalue weighted by atomic mass is 32.2. The molecule has 10 heteroatoms. The first-order valence-corrected chi connectivity index (χ1v) is 11.6. The third kappa shape index (κ3) is 5.42. The lowest BCUT2D eigenvalue weighted by atomic mass is 10.2. The van der Waals surface area contributed by atoms with Gasteiger partial charge in [0.25, 0.3) is 5.91 Å².